The van der Waals surface area contributed by atoms with Gasteiger partial charge in [-0.2, -0.15) is 4.31 Å². The first-order valence-electron chi connectivity index (χ1n) is 7.95. The van der Waals surface area contributed by atoms with Crippen LogP contribution in [0.1, 0.15) is 32.6 Å². The molecule has 0 aromatic rings. The van der Waals surface area contributed by atoms with Crippen molar-refractivity contribution in [3.63, 3.8) is 0 Å². The minimum absolute atomic E-state index is 0.130. The smallest absolute Gasteiger partial charge is 0.211 e. The maximum absolute atomic E-state index is 11.5. The highest BCUT2D eigenvalue weighted by Gasteiger charge is 2.41. The first kappa shape index (κ1) is 17.1. The average Bonchev–Trinajstić information content (AvgIpc) is 2.89. The quantitative estimate of drug-likeness (QED) is 0.712. The molecule has 1 heterocycles. The van der Waals surface area contributed by atoms with Gasteiger partial charge in [0.15, 0.2) is 0 Å². The molecule has 1 aliphatic heterocycles. The summed E-state index contributed by atoms with van der Waals surface area (Å²) in [5.74, 6) is 0. The third kappa shape index (κ3) is 4.16. The summed E-state index contributed by atoms with van der Waals surface area (Å²) in [5, 5.41) is 13.3. The minimum atomic E-state index is -3.06. The van der Waals surface area contributed by atoms with Crippen LogP contribution < -0.4 is 5.32 Å². The predicted octanol–water partition coefficient (Wildman–Crippen LogP) is -0.153. The lowest BCUT2D eigenvalue weighted by atomic mass is 9.98. The van der Waals surface area contributed by atoms with Crippen molar-refractivity contribution in [2.24, 2.45) is 0 Å². The molecule has 2 rings (SSSR count). The van der Waals surface area contributed by atoms with Gasteiger partial charge in [0.2, 0.25) is 10.0 Å². The lowest BCUT2D eigenvalue weighted by Crippen LogP contribution is -2.53. The van der Waals surface area contributed by atoms with Crippen molar-refractivity contribution >= 4 is 10.0 Å². The van der Waals surface area contributed by atoms with Crippen LogP contribution in [0.4, 0.5) is 0 Å². The predicted molar refractivity (Wildman–Crippen MR) is 83.7 cm³/mol. The van der Waals surface area contributed by atoms with Crippen molar-refractivity contribution < 1.29 is 13.5 Å². The summed E-state index contributed by atoms with van der Waals surface area (Å²) >= 11 is 0. The Bertz CT molecular complexity index is 435. The zero-order chi connectivity index (χ0) is 15.5. The van der Waals surface area contributed by atoms with Crippen LogP contribution in [-0.4, -0.2) is 79.9 Å². The van der Waals surface area contributed by atoms with Gasteiger partial charge in [0, 0.05) is 37.8 Å². The summed E-state index contributed by atoms with van der Waals surface area (Å²) in [7, 11) is -3.06. The zero-order valence-electron chi connectivity index (χ0n) is 13.2. The summed E-state index contributed by atoms with van der Waals surface area (Å²) in [6.45, 7) is 6.03. The summed E-state index contributed by atoms with van der Waals surface area (Å²) in [5.41, 5.74) is -0.130. The number of aliphatic hydroxyl groups excluding tert-OH is 1. The topological polar surface area (TPSA) is 72.9 Å². The lowest BCUT2D eigenvalue weighted by Gasteiger charge is -2.38. The number of rotatable bonds is 6. The Balaban J connectivity index is 1.88. The van der Waals surface area contributed by atoms with E-state index in [2.05, 4.69) is 17.1 Å². The van der Waals surface area contributed by atoms with Crippen LogP contribution in [0.25, 0.3) is 0 Å². The number of hydrogen-bond donors (Lipinski definition) is 2. The van der Waals surface area contributed by atoms with Crippen LogP contribution in [-0.2, 0) is 10.0 Å². The molecule has 1 saturated heterocycles. The fraction of sp³-hybridized carbons (Fsp3) is 1.00. The van der Waals surface area contributed by atoms with Crippen LogP contribution in [0.5, 0.6) is 0 Å². The molecule has 0 amide bonds. The van der Waals surface area contributed by atoms with E-state index in [4.69, 9.17) is 0 Å². The Morgan fingerprint density at radius 1 is 1.29 bits per heavy atom. The van der Waals surface area contributed by atoms with E-state index in [0.717, 1.165) is 45.3 Å². The molecule has 6 nitrogen and oxygen atoms in total. The Kier molecular flexibility index (Phi) is 5.65. The standard InChI is InChI=1S/C14H29N3O3S/c1-3-6-15-14(12-18)5-4-13(11-14)16-7-9-17(10-8-16)21(2,19)20/h13,15,18H,3-12H2,1-2H3. The molecule has 2 N–H and O–H groups in total. The largest absolute Gasteiger partial charge is 0.394 e. The average molecular weight is 319 g/mol. The van der Waals surface area contributed by atoms with Gasteiger partial charge in [-0.1, -0.05) is 6.92 Å². The van der Waals surface area contributed by atoms with Gasteiger partial charge in [0.1, 0.15) is 0 Å². The fourth-order valence-corrected chi connectivity index (χ4v) is 4.39. The molecule has 1 aliphatic carbocycles. The first-order valence-corrected chi connectivity index (χ1v) is 9.80. The van der Waals surface area contributed by atoms with E-state index >= 15 is 0 Å². The van der Waals surface area contributed by atoms with Gasteiger partial charge >= 0.3 is 0 Å². The second-order valence-corrected chi connectivity index (χ2v) is 8.44. The van der Waals surface area contributed by atoms with E-state index in [1.54, 1.807) is 4.31 Å². The maximum atomic E-state index is 11.5. The molecule has 21 heavy (non-hydrogen) atoms. The van der Waals surface area contributed by atoms with E-state index in [1.807, 2.05) is 0 Å². The molecule has 2 atom stereocenters. The van der Waals surface area contributed by atoms with Crippen LogP contribution in [0.2, 0.25) is 0 Å². The second-order valence-electron chi connectivity index (χ2n) is 6.46. The molecule has 2 fully saturated rings. The van der Waals surface area contributed by atoms with E-state index in [-0.39, 0.29) is 12.1 Å². The molecule has 0 aromatic carbocycles. The van der Waals surface area contributed by atoms with Crippen LogP contribution in [0.3, 0.4) is 0 Å². The van der Waals surface area contributed by atoms with Crippen molar-refractivity contribution in [2.75, 3.05) is 45.6 Å². The molecule has 0 spiro atoms. The Morgan fingerprint density at radius 2 is 1.95 bits per heavy atom. The Morgan fingerprint density at radius 3 is 2.48 bits per heavy atom. The lowest BCUT2D eigenvalue weighted by molar-refractivity contribution is 0.118. The van der Waals surface area contributed by atoms with E-state index in [9.17, 15) is 13.5 Å². The van der Waals surface area contributed by atoms with Crippen molar-refractivity contribution in [3.05, 3.63) is 0 Å². The monoisotopic (exact) mass is 319 g/mol. The van der Waals surface area contributed by atoms with Crippen LogP contribution >= 0.6 is 0 Å². The molecular weight excluding hydrogens is 290 g/mol. The third-order valence-corrected chi connectivity index (χ3v) is 6.20. The summed E-state index contributed by atoms with van der Waals surface area (Å²) in [4.78, 5) is 2.40. The maximum Gasteiger partial charge on any atom is 0.211 e. The number of nitrogens with one attached hydrogen (secondary N) is 1. The fourth-order valence-electron chi connectivity index (χ4n) is 3.56. The van der Waals surface area contributed by atoms with Gasteiger partial charge in [-0.3, -0.25) is 4.90 Å². The highest BCUT2D eigenvalue weighted by Crippen LogP contribution is 2.33. The number of sulfonamides is 1. The molecule has 2 aliphatic rings. The SMILES string of the molecule is CCCNC1(CO)CCC(N2CCN(S(C)(=O)=O)CC2)C1. The van der Waals surface area contributed by atoms with E-state index in [1.165, 1.54) is 6.26 Å². The van der Waals surface area contributed by atoms with Crippen molar-refractivity contribution in [3.8, 4) is 0 Å². The molecule has 7 heteroatoms. The van der Waals surface area contributed by atoms with Crippen LogP contribution in [0, 0.1) is 0 Å². The first-order chi connectivity index (χ1) is 9.90. The second kappa shape index (κ2) is 6.91. The summed E-state index contributed by atoms with van der Waals surface area (Å²) in [6, 6.07) is 0.461. The number of hydrogen-bond acceptors (Lipinski definition) is 5. The minimum Gasteiger partial charge on any atom is -0.394 e. The number of piperazine rings is 1. The summed E-state index contributed by atoms with van der Waals surface area (Å²) < 4.78 is 24.7. The third-order valence-electron chi connectivity index (χ3n) is 4.89. The van der Waals surface area contributed by atoms with Crippen LogP contribution in [0.15, 0.2) is 0 Å². The van der Waals surface area contributed by atoms with Gasteiger partial charge in [-0.25, -0.2) is 8.42 Å². The van der Waals surface area contributed by atoms with Gasteiger partial charge in [-0.15, -0.1) is 0 Å². The Hall–Kier alpha value is -0.210. The summed E-state index contributed by atoms with van der Waals surface area (Å²) in [6.07, 6.45) is 5.39. The molecule has 2 unspecified atom stereocenters. The normalized spacial score (nSPS) is 32.6. The van der Waals surface area contributed by atoms with Gasteiger partial charge in [-0.05, 0) is 32.2 Å². The van der Waals surface area contributed by atoms with E-state index < -0.39 is 10.0 Å². The van der Waals surface area contributed by atoms with Crippen molar-refractivity contribution in [1.82, 2.24) is 14.5 Å². The molecule has 1 saturated carbocycles. The zero-order valence-corrected chi connectivity index (χ0v) is 14.0. The van der Waals surface area contributed by atoms with Crippen molar-refractivity contribution in [1.29, 1.82) is 0 Å². The van der Waals surface area contributed by atoms with Gasteiger partial charge in [0.25, 0.3) is 0 Å². The number of nitrogens with zero attached hydrogens (tertiary/aromatic N) is 2. The van der Waals surface area contributed by atoms with Gasteiger partial charge in [0.05, 0.1) is 12.9 Å². The molecule has 0 aromatic heterocycles. The highest BCUT2D eigenvalue weighted by atomic mass is 32.2. The molecule has 0 bridgehead atoms. The van der Waals surface area contributed by atoms with Crippen molar-refractivity contribution in [2.45, 2.75) is 44.2 Å². The number of aliphatic hydroxyl groups is 1. The van der Waals surface area contributed by atoms with E-state index in [0.29, 0.717) is 19.1 Å². The molecule has 0 radical (unpaired) electrons. The molecular formula is C14H29N3O3S. The highest BCUT2D eigenvalue weighted by molar-refractivity contribution is 7.88. The Labute approximate surface area is 128 Å². The van der Waals surface area contributed by atoms with Gasteiger partial charge < -0.3 is 10.4 Å². The molecule has 124 valence electrons.